The molecule has 1 aromatic heterocycles. The molecule has 2 heteroatoms. The number of hydrogen-bond donors (Lipinski definition) is 1. The zero-order valence-electron chi connectivity index (χ0n) is 8.33. The molecule has 0 amide bonds. The number of nitrogens with zero attached hydrogens (tertiary/aromatic N) is 1. The molecule has 1 aromatic carbocycles. The maximum Gasteiger partial charge on any atom is 0.0621 e. The Kier molecular flexibility index (Phi) is 4.30. The second-order valence-corrected chi connectivity index (χ2v) is 2.97. The summed E-state index contributed by atoms with van der Waals surface area (Å²) in [6.45, 7) is 1.99. The lowest BCUT2D eigenvalue weighted by Gasteiger charge is -1.83. The number of unbranched alkanes of at least 4 members (excludes halogenated alkanes) is 1. The van der Waals surface area contributed by atoms with E-state index in [2.05, 4.69) is 23.2 Å². The zero-order valence-corrected chi connectivity index (χ0v) is 8.33. The number of nitriles is 1. The molecule has 2 aromatic rings. The minimum atomic E-state index is 0.694. The molecule has 0 unspecified atom stereocenters. The highest BCUT2D eigenvalue weighted by Gasteiger charge is 1.86. The standard InChI is InChI=1S/C8H7N.C4H7N/c1-2-4-8-7(3-1)5-6-9-8;1-2-3-4-5/h1-6,9H;2-3H2,1H3. The number of rotatable bonds is 1. The lowest BCUT2D eigenvalue weighted by molar-refractivity contribution is 0.969. The van der Waals surface area contributed by atoms with E-state index in [1.54, 1.807) is 0 Å². The average Bonchev–Trinajstić information content (AvgIpc) is 2.67. The van der Waals surface area contributed by atoms with Gasteiger partial charge in [0.1, 0.15) is 0 Å². The third-order valence-electron chi connectivity index (χ3n) is 1.82. The van der Waals surface area contributed by atoms with E-state index in [0.29, 0.717) is 6.42 Å². The van der Waals surface area contributed by atoms with Crippen molar-refractivity contribution in [3.05, 3.63) is 36.5 Å². The van der Waals surface area contributed by atoms with Crippen molar-refractivity contribution in [3.8, 4) is 6.07 Å². The van der Waals surface area contributed by atoms with Crippen LogP contribution < -0.4 is 0 Å². The Morgan fingerprint density at radius 2 is 2.07 bits per heavy atom. The van der Waals surface area contributed by atoms with Gasteiger partial charge < -0.3 is 4.98 Å². The van der Waals surface area contributed by atoms with Crippen molar-refractivity contribution in [2.24, 2.45) is 0 Å². The second kappa shape index (κ2) is 5.82. The fraction of sp³-hybridized carbons (Fsp3) is 0.250. The van der Waals surface area contributed by atoms with E-state index in [1.165, 1.54) is 10.9 Å². The van der Waals surface area contributed by atoms with Crippen molar-refractivity contribution >= 4 is 10.9 Å². The van der Waals surface area contributed by atoms with Gasteiger partial charge in [0.2, 0.25) is 0 Å². The molecule has 0 bridgehead atoms. The van der Waals surface area contributed by atoms with E-state index in [1.807, 2.05) is 31.3 Å². The topological polar surface area (TPSA) is 39.6 Å². The fourth-order valence-electron chi connectivity index (χ4n) is 1.11. The Morgan fingerprint density at radius 1 is 1.29 bits per heavy atom. The van der Waals surface area contributed by atoms with Crippen molar-refractivity contribution < 1.29 is 0 Å². The first-order valence-electron chi connectivity index (χ1n) is 4.77. The van der Waals surface area contributed by atoms with Gasteiger partial charge in [-0.15, -0.1) is 0 Å². The summed E-state index contributed by atoms with van der Waals surface area (Å²) in [6.07, 6.45) is 3.63. The van der Waals surface area contributed by atoms with Crippen LogP contribution in [-0.4, -0.2) is 4.98 Å². The molecule has 0 atom stereocenters. The number of nitrogens with one attached hydrogen (secondary N) is 1. The van der Waals surface area contributed by atoms with Crippen LogP contribution in [0.1, 0.15) is 19.8 Å². The first kappa shape index (κ1) is 10.3. The Balaban J connectivity index is 0.000000171. The van der Waals surface area contributed by atoms with E-state index in [9.17, 15) is 0 Å². The Labute approximate surface area is 84.2 Å². The summed E-state index contributed by atoms with van der Waals surface area (Å²) >= 11 is 0. The van der Waals surface area contributed by atoms with Crippen molar-refractivity contribution in [2.45, 2.75) is 19.8 Å². The maximum atomic E-state index is 7.82. The molecule has 0 radical (unpaired) electrons. The molecule has 0 aliphatic rings. The van der Waals surface area contributed by atoms with Gasteiger partial charge in [0, 0.05) is 18.1 Å². The molecule has 2 rings (SSSR count). The molecule has 0 fully saturated rings. The third-order valence-corrected chi connectivity index (χ3v) is 1.82. The molecule has 2 nitrogen and oxygen atoms in total. The summed E-state index contributed by atoms with van der Waals surface area (Å²) in [4.78, 5) is 3.12. The van der Waals surface area contributed by atoms with Gasteiger partial charge in [-0.1, -0.05) is 25.1 Å². The Hall–Kier alpha value is -1.75. The summed E-state index contributed by atoms with van der Waals surface area (Å²) in [5.41, 5.74) is 1.21. The summed E-state index contributed by atoms with van der Waals surface area (Å²) in [6, 6.07) is 12.3. The number of aromatic nitrogens is 1. The minimum absolute atomic E-state index is 0.694. The number of aromatic amines is 1. The predicted molar refractivity (Wildman–Crippen MR) is 58.8 cm³/mol. The van der Waals surface area contributed by atoms with Crippen LogP contribution >= 0.6 is 0 Å². The molecular formula is C12H14N2. The van der Waals surface area contributed by atoms with Crippen LogP contribution in [0.25, 0.3) is 10.9 Å². The smallest absolute Gasteiger partial charge is 0.0621 e. The van der Waals surface area contributed by atoms with Gasteiger partial charge in [-0.25, -0.2) is 0 Å². The van der Waals surface area contributed by atoms with E-state index >= 15 is 0 Å². The van der Waals surface area contributed by atoms with Crippen LogP contribution in [0.2, 0.25) is 0 Å². The van der Waals surface area contributed by atoms with E-state index in [0.717, 1.165) is 6.42 Å². The van der Waals surface area contributed by atoms with Crippen LogP contribution in [-0.2, 0) is 0 Å². The van der Waals surface area contributed by atoms with Gasteiger partial charge in [0.05, 0.1) is 6.07 Å². The lowest BCUT2D eigenvalue weighted by atomic mass is 10.3. The van der Waals surface area contributed by atoms with Crippen LogP contribution in [0, 0.1) is 11.3 Å². The average molecular weight is 186 g/mol. The molecule has 0 saturated heterocycles. The monoisotopic (exact) mass is 186 g/mol. The number of H-pyrrole nitrogens is 1. The quantitative estimate of drug-likeness (QED) is 0.727. The molecule has 72 valence electrons. The summed E-state index contributed by atoms with van der Waals surface area (Å²) in [5, 5.41) is 9.09. The van der Waals surface area contributed by atoms with Gasteiger partial charge in [0.15, 0.2) is 0 Å². The van der Waals surface area contributed by atoms with Crippen molar-refractivity contribution in [1.82, 2.24) is 4.98 Å². The molecule has 14 heavy (non-hydrogen) atoms. The summed E-state index contributed by atoms with van der Waals surface area (Å²) in [5.74, 6) is 0. The summed E-state index contributed by atoms with van der Waals surface area (Å²) in [7, 11) is 0. The van der Waals surface area contributed by atoms with Gasteiger partial charge in [-0.3, -0.25) is 0 Å². The van der Waals surface area contributed by atoms with E-state index in [4.69, 9.17) is 5.26 Å². The van der Waals surface area contributed by atoms with Gasteiger partial charge in [0.25, 0.3) is 0 Å². The van der Waals surface area contributed by atoms with E-state index in [-0.39, 0.29) is 0 Å². The zero-order chi connectivity index (χ0) is 10.2. The first-order valence-corrected chi connectivity index (χ1v) is 4.77. The Bertz CT molecular complexity index is 379. The molecule has 0 aliphatic heterocycles. The second-order valence-electron chi connectivity index (χ2n) is 2.97. The SMILES string of the molecule is CCCC#N.c1ccc2[nH]ccc2c1. The van der Waals surface area contributed by atoms with Crippen LogP contribution in [0.15, 0.2) is 36.5 Å². The third kappa shape index (κ3) is 2.95. The van der Waals surface area contributed by atoms with Crippen molar-refractivity contribution in [2.75, 3.05) is 0 Å². The van der Waals surface area contributed by atoms with Crippen LogP contribution in [0.3, 0.4) is 0 Å². The number of benzene rings is 1. The number of para-hydroxylation sites is 1. The molecule has 1 N–H and O–H groups in total. The molecule has 0 aliphatic carbocycles. The largest absolute Gasteiger partial charge is 0.361 e. The van der Waals surface area contributed by atoms with Crippen molar-refractivity contribution in [1.29, 1.82) is 5.26 Å². The predicted octanol–water partition coefficient (Wildman–Crippen LogP) is 3.48. The molecular weight excluding hydrogens is 172 g/mol. The number of hydrogen-bond acceptors (Lipinski definition) is 1. The van der Waals surface area contributed by atoms with E-state index < -0.39 is 0 Å². The molecule has 0 spiro atoms. The normalized spacial score (nSPS) is 8.86. The van der Waals surface area contributed by atoms with Crippen molar-refractivity contribution in [3.63, 3.8) is 0 Å². The van der Waals surface area contributed by atoms with Crippen LogP contribution in [0.4, 0.5) is 0 Å². The minimum Gasteiger partial charge on any atom is -0.361 e. The molecule has 1 heterocycles. The van der Waals surface area contributed by atoms with Gasteiger partial charge in [-0.2, -0.15) is 5.26 Å². The lowest BCUT2D eigenvalue weighted by Crippen LogP contribution is -1.61. The Morgan fingerprint density at radius 3 is 2.64 bits per heavy atom. The molecule has 0 saturated carbocycles. The van der Waals surface area contributed by atoms with Gasteiger partial charge >= 0.3 is 0 Å². The first-order chi connectivity index (χ1) is 6.88. The van der Waals surface area contributed by atoms with Gasteiger partial charge in [-0.05, 0) is 23.9 Å². The number of fused-ring (bicyclic) bond motifs is 1. The highest BCUT2D eigenvalue weighted by atomic mass is 14.6. The summed E-state index contributed by atoms with van der Waals surface area (Å²) < 4.78 is 0. The highest BCUT2D eigenvalue weighted by Crippen LogP contribution is 2.09. The maximum absolute atomic E-state index is 7.82. The van der Waals surface area contributed by atoms with Crippen LogP contribution in [0.5, 0.6) is 0 Å². The highest BCUT2D eigenvalue weighted by molar-refractivity contribution is 5.78. The fourth-order valence-corrected chi connectivity index (χ4v) is 1.11.